The molecule has 1 aromatic rings. The summed E-state index contributed by atoms with van der Waals surface area (Å²) in [5.41, 5.74) is 6.46. The van der Waals surface area contributed by atoms with E-state index in [0.717, 1.165) is 0 Å². The average molecular weight is 232 g/mol. The highest BCUT2D eigenvalue weighted by Gasteiger charge is 2.28. The second kappa shape index (κ2) is 3.22. The third-order valence-corrected chi connectivity index (χ3v) is 4.45. The fourth-order valence-corrected chi connectivity index (χ4v) is 3.45. The lowest BCUT2D eigenvalue weighted by molar-refractivity contribution is 0.569. The molecular weight excluding hydrogens is 222 g/mol. The lowest BCUT2D eigenvalue weighted by atomic mass is 10.1. The normalized spacial score (nSPS) is 24.3. The molecule has 0 radical (unpaired) electrons. The summed E-state index contributed by atoms with van der Waals surface area (Å²) < 4.78 is 23.3. The number of nitrogens with two attached hydrogens (primary N) is 1. The Kier molecular flexibility index (Phi) is 2.29. The summed E-state index contributed by atoms with van der Waals surface area (Å²) in [6.07, 6.45) is 0.468. The minimum absolute atomic E-state index is 0.128. The van der Waals surface area contributed by atoms with E-state index in [4.69, 9.17) is 17.3 Å². The Morgan fingerprint density at radius 1 is 1.43 bits per heavy atom. The molecule has 1 aliphatic rings. The number of halogens is 1. The molecule has 76 valence electrons. The summed E-state index contributed by atoms with van der Waals surface area (Å²) in [6.45, 7) is 0. The van der Waals surface area contributed by atoms with Crippen molar-refractivity contribution < 1.29 is 8.42 Å². The van der Waals surface area contributed by atoms with Crippen LogP contribution in [0.25, 0.3) is 0 Å². The first kappa shape index (κ1) is 9.96. The summed E-state index contributed by atoms with van der Waals surface area (Å²) in [5.74, 6) is 0.128. The van der Waals surface area contributed by atoms with Crippen LogP contribution in [0.5, 0.6) is 0 Å². The van der Waals surface area contributed by atoms with Gasteiger partial charge in [-0.3, -0.25) is 0 Å². The molecule has 0 bridgehead atoms. The summed E-state index contributed by atoms with van der Waals surface area (Å²) in [4.78, 5) is 0.334. The zero-order chi connectivity index (χ0) is 10.3. The second-order valence-corrected chi connectivity index (χ2v) is 5.91. The number of sulfone groups is 1. The zero-order valence-electron chi connectivity index (χ0n) is 7.40. The summed E-state index contributed by atoms with van der Waals surface area (Å²) in [6, 6.07) is 4.53. The molecule has 0 saturated carbocycles. The molecular formula is C9H10ClNO2S. The summed E-state index contributed by atoms with van der Waals surface area (Å²) >= 11 is 5.78. The smallest absolute Gasteiger partial charge is 0.178 e. The quantitative estimate of drug-likeness (QED) is 0.737. The Bertz CT molecular complexity index is 470. The van der Waals surface area contributed by atoms with E-state index >= 15 is 0 Å². The van der Waals surface area contributed by atoms with Crippen molar-refractivity contribution in [1.29, 1.82) is 0 Å². The molecule has 0 aromatic heterocycles. The van der Waals surface area contributed by atoms with Crippen LogP contribution in [0.4, 0.5) is 0 Å². The van der Waals surface area contributed by atoms with Crippen LogP contribution in [-0.2, 0) is 9.84 Å². The Morgan fingerprint density at radius 3 is 2.86 bits per heavy atom. The van der Waals surface area contributed by atoms with Gasteiger partial charge in [-0.05, 0) is 30.2 Å². The molecule has 2 rings (SSSR count). The molecule has 14 heavy (non-hydrogen) atoms. The molecule has 1 atom stereocenters. The van der Waals surface area contributed by atoms with E-state index < -0.39 is 9.84 Å². The van der Waals surface area contributed by atoms with Gasteiger partial charge in [0.1, 0.15) is 0 Å². The highest BCUT2D eigenvalue weighted by Crippen LogP contribution is 2.32. The molecule has 0 aliphatic carbocycles. The van der Waals surface area contributed by atoms with E-state index in [2.05, 4.69) is 0 Å². The predicted octanol–water partition coefficient (Wildman–Crippen LogP) is 1.52. The molecule has 3 nitrogen and oxygen atoms in total. The Morgan fingerprint density at radius 2 is 2.14 bits per heavy atom. The molecule has 1 aliphatic heterocycles. The predicted molar refractivity (Wildman–Crippen MR) is 55.1 cm³/mol. The van der Waals surface area contributed by atoms with Crippen LogP contribution in [0.2, 0.25) is 5.02 Å². The van der Waals surface area contributed by atoms with Crippen LogP contribution in [0.15, 0.2) is 23.1 Å². The largest absolute Gasteiger partial charge is 0.324 e. The maximum atomic E-state index is 11.6. The van der Waals surface area contributed by atoms with Crippen molar-refractivity contribution in [1.82, 2.24) is 0 Å². The SMILES string of the molecule is N[C@@H]1CCS(=O)(=O)c2ccc(Cl)cc21. The second-order valence-electron chi connectivity index (χ2n) is 3.40. The first-order chi connectivity index (χ1) is 6.50. The van der Waals surface area contributed by atoms with E-state index in [-0.39, 0.29) is 11.8 Å². The van der Waals surface area contributed by atoms with Crippen molar-refractivity contribution in [2.75, 3.05) is 5.75 Å². The van der Waals surface area contributed by atoms with Gasteiger partial charge in [0.2, 0.25) is 0 Å². The van der Waals surface area contributed by atoms with Gasteiger partial charge in [0.05, 0.1) is 10.6 Å². The fraction of sp³-hybridized carbons (Fsp3) is 0.333. The van der Waals surface area contributed by atoms with Crippen LogP contribution in [0.1, 0.15) is 18.0 Å². The number of hydrogen-bond acceptors (Lipinski definition) is 3. The standard InChI is InChI=1S/C9H10ClNO2S/c10-6-1-2-9-7(5-6)8(11)3-4-14(9,12)13/h1-2,5,8H,3-4,11H2/t8-/m1/s1. The van der Waals surface area contributed by atoms with Gasteiger partial charge < -0.3 is 5.73 Å². The van der Waals surface area contributed by atoms with Gasteiger partial charge in [0, 0.05) is 11.1 Å². The van der Waals surface area contributed by atoms with Crippen LogP contribution in [-0.4, -0.2) is 14.2 Å². The number of rotatable bonds is 0. The summed E-state index contributed by atoms with van der Waals surface area (Å²) in [5, 5.41) is 0.524. The van der Waals surface area contributed by atoms with E-state index in [1.807, 2.05) is 0 Å². The maximum absolute atomic E-state index is 11.6. The van der Waals surface area contributed by atoms with Crippen LogP contribution < -0.4 is 5.73 Å². The maximum Gasteiger partial charge on any atom is 0.178 e. The van der Waals surface area contributed by atoms with Gasteiger partial charge in [-0.15, -0.1) is 0 Å². The van der Waals surface area contributed by atoms with Crippen molar-refractivity contribution in [2.45, 2.75) is 17.4 Å². The minimum Gasteiger partial charge on any atom is -0.324 e. The van der Waals surface area contributed by atoms with Crippen molar-refractivity contribution in [2.24, 2.45) is 5.73 Å². The molecule has 5 heteroatoms. The number of fused-ring (bicyclic) bond motifs is 1. The average Bonchev–Trinajstić information content (AvgIpc) is 2.12. The third kappa shape index (κ3) is 1.54. The van der Waals surface area contributed by atoms with Gasteiger partial charge >= 0.3 is 0 Å². The lowest BCUT2D eigenvalue weighted by Crippen LogP contribution is -2.24. The van der Waals surface area contributed by atoms with E-state index in [1.165, 1.54) is 6.07 Å². The van der Waals surface area contributed by atoms with Gasteiger partial charge in [0.15, 0.2) is 9.84 Å². The highest BCUT2D eigenvalue weighted by molar-refractivity contribution is 7.91. The van der Waals surface area contributed by atoms with Crippen LogP contribution >= 0.6 is 11.6 Å². The Balaban J connectivity index is 2.69. The molecule has 1 heterocycles. The van der Waals surface area contributed by atoms with Crippen LogP contribution in [0.3, 0.4) is 0 Å². The van der Waals surface area contributed by atoms with E-state index in [1.54, 1.807) is 12.1 Å². The van der Waals surface area contributed by atoms with Gasteiger partial charge in [-0.1, -0.05) is 11.6 Å². The van der Waals surface area contributed by atoms with E-state index in [9.17, 15) is 8.42 Å². The lowest BCUT2D eigenvalue weighted by Gasteiger charge is -2.22. The molecule has 1 aromatic carbocycles. The number of benzene rings is 1. The molecule has 0 amide bonds. The van der Waals surface area contributed by atoms with Gasteiger partial charge in [-0.25, -0.2) is 8.42 Å². The van der Waals surface area contributed by atoms with Crippen molar-refractivity contribution in [3.8, 4) is 0 Å². The first-order valence-electron chi connectivity index (χ1n) is 4.28. The Hall–Kier alpha value is -0.580. The Labute approximate surface area is 87.8 Å². The molecule has 2 N–H and O–H groups in total. The monoisotopic (exact) mass is 231 g/mol. The van der Waals surface area contributed by atoms with Crippen LogP contribution in [0, 0.1) is 0 Å². The molecule has 0 unspecified atom stereocenters. The van der Waals surface area contributed by atoms with Crippen molar-refractivity contribution in [3.63, 3.8) is 0 Å². The summed E-state index contributed by atoms with van der Waals surface area (Å²) in [7, 11) is -3.13. The van der Waals surface area contributed by atoms with Gasteiger partial charge in [0.25, 0.3) is 0 Å². The fourth-order valence-electron chi connectivity index (χ4n) is 1.64. The zero-order valence-corrected chi connectivity index (χ0v) is 8.98. The van der Waals surface area contributed by atoms with Crippen molar-refractivity contribution >= 4 is 21.4 Å². The molecule has 0 fully saturated rings. The first-order valence-corrected chi connectivity index (χ1v) is 6.31. The van der Waals surface area contributed by atoms with Crippen molar-refractivity contribution in [3.05, 3.63) is 28.8 Å². The topological polar surface area (TPSA) is 60.2 Å². The molecule has 0 spiro atoms. The highest BCUT2D eigenvalue weighted by atomic mass is 35.5. The number of hydrogen-bond donors (Lipinski definition) is 1. The minimum atomic E-state index is -3.13. The third-order valence-electron chi connectivity index (χ3n) is 2.40. The van der Waals surface area contributed by atoms with E-state index in [0.29, 0.717) is 21.9 Å². The van der Waals surface area contributed by atoms with Gasteiger partial charge in [-0.2, -0.15) is 0 Å². The molecule has 0 saturated heterocycles.